The molecule has 2 aromatic rings. The van der Waals surface area contributed by atoms with E-state index in [-0.39, 0.29) is 4.90 Å². The molecule has 6 heteroatoms. The van der Waals surface area contributed by atoms with Crippen molar-refractivity contribution in [3.63, 3.8) is 0 Å². The minimum atomic E-state index is -3.76. The van der Waals surface area contributed by atoms with E-state index < -0.39 is 16.1 Å². The Morgan fingerprint density at radius 3 is 2.48 bits per heavy atom. The molecule has 110 valence electrons. The molecular weight excluding hydrogens is 288 g/mol. The van der Waals surface area contributed by atoms with Crippen molar-refractivity contribution in [2.24, 2.45) is 5.14 Å². The summed E-state index contributed by atoms with van der Waals surface area (Å²) >= 11 is 0. The number of primary sulfonamides is 1. The lowest BCUT2D eigenvalue weighted by molar-refractivity contribution is 0.0870. The minimum Gasteiger partial charge on any atom is -0.363 e. The number of rotatable bonds is 6. The van der Waals surface area contributed by atoms with Crippen molar-refractivity contribution < 1.29 is 13.2 Å². The average Bonchev–Trinajstić information content (AvgIpc) is 2.48. The van der Waals surface area contributed by atoms with E-state index in [4.69, 9.17) is 15.3 Å². The van der Waals surface area contributed by atoms with Gasteiger partial charge in [0, 0.05) is 6.21 Å². The van der Waals surface area contributed by atoms with Crippen molar-refractivity contribution >= 4 is 16.2 Å². The molecule has 1 unspecified atom stereocenters. The monoisotopic (exact) mass is 304 g/mol. The maximum atomic E-state index is 11.4. The van der Waals surface area contributed by atoms with E-state index in [1.54, 1.807) is 12.1 Å². The van der Waals surface area contributed by atoms with Crippen molar-refractivity contribution in [3.8, 4) is 0 Å². The standard InChI is InChI=1S/C15H16N2O3S/c16-10-15(20-11-12-5-2-1-3-6-12)13-7-4-8-14(9-13)21(17,18)19/h1-10,15-16H,11H2,(H2,17,18,19). The summed E-state index contributed by atoms with van der Waals surface area (Å²) in [6.45, 7) is 0.334. The highest BCUT2D eigenvalue weighted by Crippen LogP contribution is 2.20. The SMILES string of the molecule is N=CC(OCc1ccccc1)c1cccc(S(N)(=O)=O)c1. The van der Waals surface area contributed by atoms with Crippen LogP contribution < -0.4 is 5.14 Å². The molecule has 0 aromatic heterocycles. The van der Waals surface area contributed by atoms with Crippen molar-refractivity contribution in [1.82, 2.24) is 0 Å². The van der Waals surface area contributed by atoms with E-state index >= 15 is 0 Å². The van der Waals surface area contributed by atoms with Gasteiger partial charge in [-0.25, -0.2) is 13.6 Å². The van der Waals surface area contributed by atoms with E-state index in [1.165, 1.54) is 12.1 Å². The number of hydrogen-bond donors (Lipinski definition) is 2. The van der Waals surface area contributed by atoms with E-state index in [1.807, 2.05) is 30.3 Å². The second-order valence-corrected chi connectivity index (χ2v) is 6.06. The van der Waals surface area contributed by atoms with Crippen molar-refractivity contribution in [2.45, 2.75) is 17.6 Å². The molecule has 0 saturated heterocycles. The van der Waals surface area contributed by atoms with Gasteiger partial charge in [0.15, 0.2) is 0 Å². The molecule has 0 spiro atoms. The van der Waals surface area contributed by atoms with Gasteiger partial charge in [-0.3, -0.25) is 0 Å². The lowest BCUT2D eigenvalue weighted by Gasteiger charge is -2.14. The van der Waals surface area contributed by atoms with Gasteiger partial charge in [0.25, 0.3) is 0 Å². The number of benzene rings is 2. The molecule has 2 aromatic carbocycles. The molecule has 21 heavy (non-hydrogen) atoms. The van der Waals surface area contributed by atoms with Crippen LogP contribution in [0.25, 0.3) is 0 Å². The smallest absolute Gasteiger partial charge is 0.238 e. The Kier molecular flexibility index (Phi) is 4.85. The summed E-state index contributed by atoms with van der Waals surface area (Å²) in [7, 11) is -3.76. The molecule has 0 amide bonds. The molecule has 3 N–H and O–H groups in total. The number of hydrogen-bond acceptors (Lipinski definition) is 4. The van der Waals surface area contributed by atoms with Gasteiger partial charge < -0.3 is 10.1 Å². The summed E-state index contributed by atoms with van der Waals surface area (Å²) < 4.78 is 28.4. The Labute approximate surface area is 123 Å². The van der Waals surface area contributed by atoms with Gasteiger partial charge in [-0.15, -0.1) is 0 Å². The normalized spacial score (nSPS) is 12.8. The fraction of sp³-hybridized carbons (Fsp3) is 0.133. The number of sulfonamides is 1. The second-order valence-electron chi connectivity index (χ2n) is 4.50. The number of nitrogens with two attached hydrogens (primary N) is 1. The van der Waals surface area contributed by atoms with Crippen LogP contribution in [0.2, 0.25) is 0 Å². The van der Waals surface area contributed by atoms with Crippen molar-refractivity contribution in [1.29, 1.82) is 5.41 Å². The third kappa shape index (κ3) is 4.22. The highest BCUT2D eigenvalue weighted by Gasteiger charge is 2.13. The fourth-order valence-corrected chi connectivity index (χ4v) is 2.44. The first-order chi connectivity index (χ1) is 10.0. The molecule has 0 aliphatic carbocycles. The lowest BCUT2D eigenvalue weighted by atomic mass is 10.1. The lowest BCUT2D eigenvalue weighted by Crippen LogP contribution is -2.13. The van der Waals surface area contributed by atoms with Gasteiger partial charge in [-0.05, 0) is 23.3 Å². The Morgan fingerprint density at radius 1 is 1.14 bits per heavy atom. The van der Waals surface area contributed by atoms with Crippen molar-refractivity contribution in [3.05, 3.63) is 65.7 Å². The van der Waals surface area contributed by atoms with Crippen LogP contribution in [0.15, 0.2) is 59.5 Å². The molecule has 0 fully saturated rings. The maximum absolute atomic E-state index is 11.4. The molecule has 1 atom stereocenters. The Bertz CT molecular complexity index is 715. The van der Waals surface area contributed by atoms with Crippen LogP contribution in [-0.4, -0.2) is 14.6 Å². The fourth-order valence-electron chi connectivity index (χ4n) is 1.87. The zero-order valence-electron chi connectivity index (χ0n) is 11.3. The van der Waals surface area contributed by atoms with Gasteiger partial charge in [0.2, 0.25) is 10.0 Å². The van der Waals surface area contributed by atoms with Crippen LogP contribution in [0.5, 0.6) is 0 Å². The first-order valence-corrected chi connectivity index (χ1v) is 7.84. The van der Waals surface area contributed by atoms with Crippen molar-refractivity contribution in [2.75, 3.05) is 0 Å². The molecule has 0 heterocycles. The molecule has 5 nitrogen and oxygen atoms in total. The summed E-state index contributed by atoms with van der Waals surface area (Å²) in [4.78, 5) is 0.00941. The second kappa shape index (κ2) is 6.62. The van der Waals surface area contributed by atoms with Crippen LogP contribution in [0, 0.1) is 5.41 Å². The molecule has 0 aliphatic rings. The van der Waals surface area contributed by atoms with Gasteiger partial charge in [-0.1, -0.05) is 42.5 Å². The topological polar surface area (TPSA) is 93.2 Å². The summed E-state index contributed by atoms with van der Waals surface area (Å²) in [6.07, 6.45) is 0.512. The maximum Gasteiger partial charge on any atom is 0.238 e. The van der Waals surface area contributed by atoms with Gasteiger partial charge in [-0.2, -0.15) is 0 Å². The first-order valence-electron chi connectivity index (χ1n) is 6.29. The van der Waals surface area contributed by atoms with Crippen LogP contribution in [0.4, 0.5) is 0 Å². The first kappa shape index (κ1) is 15.4. The molecule has 0 radical (unpaired) electrons. The summed E-state index contributed by atoms with van der Waals surface area (Å²) in [5.74, 6) is 0. The Morgan fingerprint density at radius 2 is 1.86 bits per heavy atom. The third-order valence-electron chi connectivity index (χ3n) is 2.94. The largest absolute Gasteiger partial charge is 0.363 e. The van der Waals surface area contributed by atoms with Crippen LogP contribution >= 0.6 is 0 Å². The minimum absolute atomic E-state index is 0.00941. The summed E-state index contributed by atoms with van der Waals surface area (Å²) in [6, 6.07) is 15.7. The van der Waals surface area contributed by atoms with Crippen LogP contribution in [0.3, 0.4) is 0 Å². The summed E-state index contributed by atoms with van der Waals surface area (Å²) in [5, 5.41) is 12.6. The highest BCUT2D eigenvalue weighted by molar-refractivity contribution is 7.89. The average molecular weight is 304 g/mol. The van der Waals surface area contributed by atoms with E-state index in [0.29, 0.717) is 12.2 Å². The third-order valence-corrected chi connectivity index (χ3v) is 3.85. The molecule has 0 bridgehead atoms. The van der Waals surface area contributed by atoms with Gasteiger partial charge >= 0.3 is 0 Å². The van der Waals surface area contributed by atoms with Gasteiger partial charge in [0.05, 0.1) is 11.5 Å². The highest BCUT2D eigenvalue weighted by atomic mass is 32.2. The van der Waals surface area contributed by atoms with Gasteiger partial charge in [0.1, 0.15) is 6.10 Å². The number of nitrogens with one attached hydrogen (secondary N) is 1. The van der Waals surface area contributed by atoms with E-state index in [0.717, 1.165) is 11.8 Å². The Balaban J connectivity index is 2.16. The zero-order valence-corrected chi connectivity index (χ0v) is 12.1. The summed E-state index contributed by atoms with van der Waals surface area (Å²) in [5.41, 5.74) is 1.56. The zero-order chi connectivity index (χ0) is 15.3. The van der Waals surface area contributed by atoms with E-state index in [9.17, 15) is 8.42 Å². The molecule has 0 saturated carbocycles. The predicted molar refractivity (Wildman–Crippen MR) is 80.6 cm³/mol. The number of ether oxygens (including phenoxy) is 1. The quantitative estimate of drug-likeness (QED) is 0.801. The Hall–Kier alpha value is -2.02. The van der Waals surface area contributed by atoms with Crippen LogP contribution in [-0.2, 0) is 21.4 Å². The molecule has 2 rings (SSSR count). The van der Waals surface area contributed by atoms with E-state index in [2.05, 4.69) is 0 Å². The molecule has 0 aliphatic heterocycles. The molecular formula is C15H16N2O3S. The van der Waals surface area contributed by atoms with Crippen LogP contribution in [0.1, 0.15) is 17.2 Å². The predicted octanol–water partition coefficient (Wildman–Crippen LogP) is 2.24.